The van der Waals surface area contributed by atoms with E-state index in [1.165, 1.54) is 22.7 Å². The smallest absolute Gasteiger partial charge is 0.408 e. The number of nitrogens with one attached hydrogen (secondary N) is 3. The minimum Gasteiger partial charge on any atom is -0.490 e. The summed E-state index contributed by atoms with van der Waals surface area (Å²) < 4.78 is 24.1. The molecule has 1 unspecified atom stereocenters. The van der Waals surface area contributed by atoms with Gasteiger partial charge in [-0.05, 0) is 62.5 Å². The van der Waals surface area contributed by atoms with Crippen LogP contribution in [0.2, 0.25) is 5.02 Å². The molecule has 4 fully saturated rings. The molecule has 14 nitrogen and oxygen atoms in total. The number of alkyl carbamates (subject to hydrolysis) is 1. The molecule has 292 valence electrons. The highest BCUT2D eigenvalue weighted by molar-refractivity contribution is 7.14. The number of carbonyl (C=O) groups is 3. The van der Waals surface area contributed by atoms with Crippen molar-refractivity contribution in [3.05, 3.63) is 28.6 Å². The Hall–Kier alpha value is -3.92. The number of benzene rings is 1. The number of pyridine rings is 1. The van der Waals surface area contributed by atoms with E-state index in [1.807, 2.05) is 46.1 Å². The minimum absolute atomic E-state index is 0.0216. The summed E-state index contributed by atoms with van der Waals surface area (Å²) in [6.07, 6.45) is 1.67. The standard InChI is InChI=1S/C38H50ClN7O7S/c1-19(2)42-36-44-27(18-54-36)26-14-30(25-6-7-29(31(39)32(25)43-26)51-17-22-16-50-9-8-41-22)52-24-13-28(34(40)47)46(15-24)35(48)33(38(3,4)5)45-37(49)53-23-11-20-10-21(20)12-23/h6-7,14,18-24,28,33,41H,8-13,15-17H2,1-5H3,(H2,40,47)(H,42,44)(H,45,49)/t20-,21+,22-,23?,24+,28-,33+/m0/s1. The molecule has 4 heterocycles. The molecule has 2 aliphatic heterocycles. The Balaban J connectivity index is 1.14. The number of amides is 3. The predicted octanol–water partition coefficient (Wildman–Crippen LogP) is 4.97. The molecular weight excluding hydrogens is 734 g/mol. The molecule has 0 radical (unpaired) electrons. The third-order valence-corrected chi connectivity index (χ3v) is 11.6. The van der Waals surface area contributed by atoms with Crippen LogP contribution >= 0.6 is 22.9 Å². The molecule has 7 rings (SSSR count). The molecule has 3 amide bonds. The van der Waals surface area contributed by atoms with Crippen molar-refractivity contribution in [1.82, 2.24) is 25.5 Å². The van der Waals surface area contributed by atoms with E-state index in [9.17, 15) is 14.4 Å². The fourth-order valence-electron chi connectivity index (χ4n) is 7.62. The number of thiazole rings is 1. The van der Waals surface area contributed by atoms with Crippen LogP contribution in [0.4, 0.5) is 9.93 Å². The molecule has 0 bridgehead atoms. The van der Waals surface area contributed by atoms with Gasteiger partial charge < -0.3 is 45.5 Å². The van der Waals surface area contributed by atoms with Gasteiger partial charge in [-0.15, -0.1) is 11.3 Å². The van der Waals surface area contributed by atoms with Crippen molar-refractivity contribution < 1.29 is 33.3 Å². The number of morpholine rings is 1. The maximum absolute atomic E-state index is 14.3. The lowest BCUT2D eigenvalue weighted by Crippen LogP contribution is -2.57. The summed E-state index contributed by atoms with van der Waals surface area (Å²) in [6, 6.07) is 3.69. The molecule has 2 aliphatic carbocycles. The minimum atomic E-state index is -0.971. The SMILES string of the molecule is CC(C)Nc1nc(-c2cc(O[C@@H]3C[C@@H](C(N)=O)N(C(=O)[C@@H](NC(=O)OC4C[C@@H]5C[C@@H]5C4)C(C)(C)C)C3)c3ccc(OC[C@@H]4COCCN4)c(Cl)c3n2)cs1. The molecule has 54 heavy (non-hydrogen) atoms. The van der Waals surface area contributed by atoms with Crippen molar-refractivity contribution in [2.75, 3.05) is 38.2 Å². The number of carbonyl (C=O) groups excluding carboxylic acids is 3. The van der Waals surface area contributed by atoms with Gasteiger partial charge in [0.2, 0.25) is 11.8 Å². The quantitative estimate of drug-likeness (QED) is 0.195. The maximum Gasteiger partial charge on any atom is 0.408 e. The highest BCUT2D eigenvalue weighted by atomic mass is 35.5. The molecule has 5 N–H and O–H groups in total. The maximum atomic E-state index is 14.3. The fourth-order valence-corrected chi connectivity index (χ4v) is 8.73. The predicted molar refractivity (Wildman–Crippen MR) is 206 cm³/mol. The number of nitrogens with two attached hydrogens (primary N) is 1. The topological polar surface area (TPSA) is 179 Å². The number of aromatic nitrogens is 2. The summed E-state index contributed by atoms with van der Waals surface area (Å²) in [6.45, 7) is 12.0. The van der Waals surface area contributed by atoms with Crippen LogP contribution in [-0.2, 0) is 19.1 Å². The number of ether oxygens (including phenoxy) is 4. The van der Waals surface area contributed by atoms with Crippen molar-refractivity contribution in [2.24, 2.45) is 23.0 Å². The summed E-state index contributed by atoms with van der Waals surface area (Å²) in [4.78, 5) is 51.3. The van der Waals surface area contributed by atoms with Crippen LogP contribution in [0.5, 0.6) is 11.5 Å². The monoisotopic (exact) mass is 783 g/mol. The van der Waals surface area contributed by atoms with Gasteiger partial charge >= 0.3 is 6.09 Å². The van der Waals surface area contributed by atoms with E-state index < -0.39 is 41.5 Å². The Morgan fingerprint density at radius 1 is 1.09 bits per heavy atom. The normalized spacial score (nSPS) is 25.6. The highest BCUT2D eigenvalue weighted by Crippen LogP contribution is 2.52. The number of hydrogen-bond acceptors (Lipinski definition) is 12. The molecule has 4 aliphatic rings. The second-order valence-corrected chi connectivity index (χ2v) is 17.5. The molecule has 2 saturated carbocycles. The second kappa shape index (κ2) is 15.7. The van der Waals surface area contributed by atoms with Crippen molar-refractivity contribution in [3.8, 4) is 22.9 Å². The lowest BCUT2D eigenvalue weighted by molar-refractivity contribution is -0.141. The van der Waals surface area contributed by atoms with Crippen molar-refractivity contribution in [1.29, 1.82) is 0 Å². The third-order valence-electron chi connectivity index (χ3n) is 10.5. The van der Waals surface area contributed by atoms with Crippen LogP contribution in [-0.4, -0.2) is 102 Å². The summed E-state index contributed by atoms with van der Waals surface area (Å²) in [5, 5.41) is 13.1. The van der Waals surface area contributed by atoms with E-state index in [2.05, 4.69) is 16.0 Å². The zero-order valence-corrected chi connectivity index (χ0v) is 32.9. The van der Waals surface area contributed by atoms with Crippen molar-refractivity contribution in [2.45, 2.75) is 96.7 Å². The summed E-state index contributed by atoms with van der Waals surface area (Å²) in [5.41, 5.74) is 6.81. The summed E-state index contributed by atoms with van der Waals surface area (Å²) in [5.74, 6) is 1.10. The average molecular weight is 784 g/mol. The third kappa shape index (κ3) is 8.64. The summed E-state index contributed by atoms with van der Waals surface area (Å²) in [7, 11) is 0. The molecule has 0 spiro atoms. The van der Waals surface area contributed by atoms with Gasteiger partial charge in [-0.2, -0.15) is 0 Å². The zero-order valence-electron chi connectivity index (χ0n) is 31.4. The Kier molecular flexibility index (Phi) is 11.1. The van der Waals surface area contributed by atoms with Crippen LogP contribution in [0.15, 0.2) is 23.6 Å². The first-order valence-electron chi connectivity index (χ1n) is 18.8. The number of rotatable bonds is 12. The average Bonchev–Trinajstić information content (AvgIpc) is 3.45. The van der Waals surface area contributed by atoms with Gasteiger partial charge in [0.25, 0.3) is 0 Å². The van der Waals surface area contributed by atoms with Crippen molar-refractivity contribution >= 4 is 56.9 Å². The Bertz CT molecular complexity index is 1870. The van der Waals surface area contributed by atoms with Gasteiger partial charge in [0.1, 0.15) is 53.1 Å². The van der Waals surface area contributed by atoms with E-state index in [0.717, 1.165) is 24.5 Å². The summed E-state index contributed by atoms with van der Waals surface area (Å²) >= 11 is 8.47. The van der Waals surface area contributed by atoms with E-state index in [4.69, 9.17) is 46.3 Å². The molecule has 1 aromatic carbocycles. The Morgan fingerprint density at radius 2 is 1.87 bits per heavy atom. The highest BCUT2D eigenvalue weighted by Gasteiger charge is 2.48. The van der Waals surface area contributed by atoms with Crippen molar-refractivity contribution in [3.63, 3.8) is 0 Å². The van der Waals surface area contributed by atoms with Gasteiger partial charge in [0.15, 0.2) is 5.13 Å². The molecular formula is C38H50ClN7O7S. The number of likely N-dealkylation sites (tertiary alicyclic amines) is 1. The van der Waals surface area contributed by atoms with Gasteiger partial charge in [0.05, 0.1) is 37.0 Å². The zero-order chi connectivity index (χ0) is 38.3. The number of nitrogens with zero attached hydrogens (tertiary/aromatic N) is 3. The van der Waals surface area contributed by atoms with Crippen LogP contribution in [0.25, 0.3) is 22.3 Å². The largest absolute Gasteiger partial charge is 0.490 e. The van der Waals surface area contributed by atoms with Gasteiger partial charge in [-0.1, -0.05) is 32.4 Å². The molecule has 16 heteroatoms. The van der Waals surface area contributed by atoms with Gasteiger partial charge in [-0.25, -0.2) is 14.8 Å². The number of anilines is 1. The first-order valence-corrected chi connectivity index (χ1v) is 20.0. The Labute approximate surface area is 324 Å². The number of primary amides is 1. The molecule has 2 aromatic heterocycles. The van der Waals surface area contributed by atoms with Crippen LogP contribution in [0.1, 0.15) is 60.3 Å². The van der Waals surface area contributed by atoms with E-state index in [0.29, 0.717) is 70.5 Å². The van der Waals surface area contributed by atoms with E-state index in [1.54, 1.807) is 12.1 Å². The number of fused-ring (bicyclic) bond motifs is 2. The molecule has 7 atom stereocenters. The van der Waals surface area contributed by atoms with Crippen LogP contribution in [0, 0.1) is 17.3 Å². The lowest BCUT2D eigenvalue weighted by atomic mass is 9.85. The van der Waals surface area contributed by atoms with Gasteiger partial charge in [0, 0.05) is 35.8 Å². The van der Waals surface area contributed by atoms with Gasteiger partial charge in [-0.3, -0.25) is 9.59 Å². The van der Waals surface area contributed by atoms with E-state index >= 15 is 0 Å². The van der Waals surface area contributed by atoms with Crippen LogP contribution in [0.3, 0.4) is 0 Å². The Morgan fingerprint density at radius 3 is 2.56 bits per heavy atom. The number of halogens is 1. The first kappa shape index (κ1) is 38.4. The molecule has 2 saturated heterocycles. The first-order chi connectivity index (χ1) is 25.7. The second-order valence-electron chi connectivity index (χ2n) is 16.2. The van der Waals surface area contributed by atoms with E-state index in [-0.39, 0.29) is 31.2 Å². The number of hydrogen-bond donors (Lipinski definition) is 4. The lowest BCUT2D eigenvalue weighted by Gasteiger charge is -2.35. The fraction of sp³-hybridized carbons (Fsp3) is 0.605. The van der Waals surface area contributed by atoms with Crippen LogP contribution < -0.4 is 31.2 Å². The molecule has 3 aromatic rings.